The fraction of sp³-hybridized carbons (Fsp3) is 0.733. The van der Waals surface area contributed by atoms with Crippen LogP contribution in [0.2, 0.25) is 0 Å². The Labute approximate surface area is 150 Å². The number of esters is 1. The van der Waals surface area contributed by atoms with Crippen LogP contribution >= 0.6 is 11.6 Å². The highest BCUT2D eigenvalue weighted by Crippen LogP contribution is 2.40. The zero-order chi connectivity index (χ0) is 18.4. The van der Waals surface area contributed by atoms with Crippen LogP contribution in [0.5, 0.6) is 0 Å². The molecule has 140 valence electrons. The van der Waals surface area contributed by atoms with Crippen LogP contribution in [0.1, 0.15) is 39.0 Å². The number of aliphatic imine (C=N–C) groups is 1. The Bertz CT molecular complexity index is 586. The first kappa shape index (κ1) is 19.4. The van der Waals surface area contributed by atoms with Gasteiger partial charge in [0.2, 0.25) is 6.54 Å². The normalized spacial score (nSPS) is 29.1. The Morgan fingerprint density at radius 3 is 3.12 bits per heavy atom. The zero-order valence-electron chi connectivity index (χ0n) is 14.0. The molecule has 1 saturated carbocycles. The molecule has 0 aromatic carbocycles. The molecule has 2 unspecified atom stereocenters. The number of carbonyl (C=O) groups excluding carboxylic acids is 1. The maximum absolute atomic E-state index is 13.9. The summed E-state index contributed by atoms with van der Waals surface area (Å²) in [5, 5.41) is 16.6. The van der Waals surface area contributed by atoms with Crippen LogP contribution in [0.25, 0.3) is 0 Å². The van der Waals surface area contributed by atoms with Gasteiger partial charge in [0, 0.05) is 22.6 Å². The molecular formula is C15H22ClFN4O4. The average molecular weight is 377 g/mol. The average Bonchev–Trinajstić information content (AvgIpc) is 2.50. The van der Waals surface area contributed by atoms with Crippen LogP contribution in [0, 0.1) is 15.5 Å². The summed E-state index contributed by atoms with van der Waals surface area (Å²) < 4.78 is 18.8. The molecule has 0 aromatic rings. The molecule has 0 amide bonds. The SMILES string of the molecule is CCOC(=O)CC1(C[N+](=O)[O-])CCC[C@H](NC2=NC(Cl)NC=C2F)C1. The molecule has 3 atom stereocenters. The molecule has 0 radical (unpaired) electrons. The van der Waals surface area contributed by atoms with Crippen molar-refractivity contribution in [3.05, 3.63) is 22.1 Å². The number of alkyl halides is 1. The van der Waals surface area contributed by atoms with Gasteiger partial charge in [0.1, 0.15) is 0 Å². The lowest BCUT2D eigenvalue weighted by Gasteiger charge is -2.38. The van der Waals surface area contributed by atoms with Crippen molar-refractivity contribution in [2.75, 3.05) is 13.2 Å². The lowest BCUT2D eigenvalue weighted by molar-refractivity contribution is -0.499. The maximum Gasteiger partial charge on any atom is 0.306 e. The molecule has 1 heterocycles. The summed E-state index contributed by atoms with van der Waals surface area (Å²) >= 11 is 5.82. The number of nitrogens with one attached hydrogen (secondary N) is 2. The minimum atomic E-state index is -0.806. The van der Waals surface area contributed by atoms with Gasteiger partial charge in [-0.1, -0.05) is 18.0 Å². The quantitative estimate of drug-likeness (QED) is 0.242. The Morgan fingerprint density at radius 2 is 2.44 bits per heavy atom. The molecule has 0 aromatic heterocycles. The van der Waals surface area contributed by atoms with E-state index in [-0.39, 0.29) is 31.4 Å². The molecule has 10 heteroatoms. The monoisotopic (exact) mass is 376 g/mol. The molecule has 0 spiro atoms. The Hall–Kier alpha value is -1.90. The highest BCUT2D eigenvalue weighted by Gasteiger charge is 2.43. The van der Waals surface area contributed by atoms with Crippen molar-refractivity contribution >= 4 is 23.4 Å². The van der Waals surface area contributed by atoms with Gasteiger partial charge < -0.3 is 15.4 Å². The molecule has 25 heavy (non-hydrogen) atoms. The first-order chi connectivity index (χ1) is 11.8. The van der Waals surface area contributed by atoms with Crippen LogP contribution in [0.3, 0.4) is 0 Å². The van der Waals surface area contributed by atoms with E-state index in [0.717, 1.165) is 6.20 Å². The molecular weight excluding hydrogens is 355 g/mol. The fourth-order valence-electron chi connectivity index (χ4n) is 3.45. The van der Waals surface area contributed by atoms with Crippen LogP contribution in [0.15, 0.2) is 17.0 Å². The van der Waals surface area contributed by atoms with Crippen molar-refractivity contribution in [2.45, 2.75) is 50.7 Å². The molecule has 0 bridgehead atoms. The number of rotatable bonds is 6. The van der Waals surface area contributed by atoms with Crippen LogP contribution < -0.4 is 10.6 Å². The number of halogens is 2. The lowest BCUT2D eigenvalue weighted by Crippen LogP contribution is -2.47. The largest absolute Gasteiger partial charge is 0.466 e. The topological polar surface area (TPSA) is 106 Å². The summed E-state index contributed by atoms with van der Waals surface area (Å²) in [6.45, 7) is 1.59. The second-order valence-electron chi connectivity index (χ2n) is 6.38. The number of carbonyl (C=O) groups is 1. The fourth-order valence-corrected chi connectivity index (χ4v) is 3.61. The van der Waals surface area contributed by atoms with E-state index in [1.807, 2.05) is 0 Å². The minimum Gasteiger partial charge on any atom is -0.466 e. The van der Waals surface area contributed by atoms with Crippen LogP contribution in [-0.2, 0) is 9.53 Å². The smallest absolute Gasteiger partial charge is 0.306 e. The zero-order valence-corrected chi connectivity index (χ0v) is 14.7. The van der Waals surface area contributed by atoms with Gasteiger partial charge in [0.15, 0.2) is 17.3 Å². The molecule has 2 rings (SSSR count). The first-order valence-corrected chi connectivity index (χ1v) is 8.65. The third-order valence-corrected chi connectivity index (χ3v) is 4.61. The summed E-state index contributed by atoms with van der Waals surface area (Å²) in [6.07, 6.45) is 3.40. The van der Waals surface area contributed by atoms with E-state index in [1.54, 1.807) is 6.92 Å². The van der Waals surface area contributed by atoms with Crippen molar-refractivity contribution in [1.82, 2.24) is 10.6 Å². The lowest BCUT2D eigenvalue weighted by atomic mass is 9.70. The van der Waals surface area contributed by atoms with E-state index in [0.29, 0.717) is 25.7 Å². The second kappa shape index (κ2) is 8.46. The van der Waals surface area contributed by atoms with Gasteiger partial charge in [-0.25, -0.2) is 9.38 Å². The molecule has 2 N–H and O–H groups in total. The molecule has 1 aliphatic carbocycles. The number of amidine groups is 1. The van der Waals surface area contributed by atoms with Crippen molar-refractivity contribution in [3.63, 3.8) is 0 Å². The van der Waals surface area contributed by atoms with Crippen molar-refractivity contribution in [2.24, 2.45) is 10.4 Å². The van der Waals surface area contributed by atoms with E-state index in [1.165, 1.54) is 0 Å². The van der Waals surface area contributed by atoms with Gasteiger partial charge in [-0.3, -0.25) is 14.9 Å². The summed E-state index contributed by atoms with van der Waals surface area (Å²) in [5.41, 5.74) is -1.58. The van der Waals surface area contributed by atoms with Gasteiger partial charge >= 0.3 is 5.97 Å². The van der Waals surface area contributed by atoms with Crippen molar-refractivity contribution < 1.29 is 18.8 Å². The summed E-state index contributed by atoms with van der Waals surface area (Å²) in [7, 11) is 0. The minimum absolute atomic E-state index is 0.0233. The van der Waals surface area contributed by atoms with Crippen LogP contribution in [0.4, 0.5) is 4.39 Å². The van der Waals surface area contributed by atoms with Crippen LogP contribution in [-0.4, -0.2) is 41.5 Å². The van der Waals surface area contributed by atoms with E-state index in [2.05, 4.69) is 15.6 Å². The Balaban J connectivity index is 2.10. The number of nitro groups is 1. The number of nitrogens with zero attached hydrogens (tertiary/aromatic N) is 2. The van der Waals surface area contributed by atoms with E-state index >= 15 is 0 Å². The van der Waals surface area contributed by atoms with Gasteiger partial charge in [-0.05, 0) is 26.2 Å². The van der Waals surface area contributed by atoms with Crippen molar-refractivity contribution in [3.8, 4) is 0 Å². The molecule has 0 saturated heterocycles. The summed E-state index contributed by atoms with van der Waals surface area (Å²) in [6, 6.07) is -0.233. The highest BCUT2D eigenvalue weighted by atomic mass is 35.5. The predicted octanol–water partition coefficient (Wildman–Crippen LogP) is 2.07. The first-order valence-electron chi connectivity index (χ1n) is 8.21. The predicted molar refractivity (Wildman–Crippen MR) is 90.3 cm³/mol. The maximum atomic E-state index is 13.9. The van der Waals surface area contributed by atoms with Crippen molar-refractivity contribution in [1.29, 1.82) is 0 Å². The Morgan fingerprint density at radius 1 is 1.68 bits per heavy atom. The summed E-state index contributed by atoms with van der Waals surface area (Å²) in [4.78, 5) is 26.6. The standard InChI is InChI=1S/C15H22ClFN4O4/c1-2-25-12(22)7-15(9-21(23)24)5-3-4-10(6-15)19-13-11(17)8-18-14(16)20-13/h8,10,14,18H,2-7,9H2,1H3,(H,19,20)/t10-,14?,15?/m0/s1. The van der Waals surface area contributed by atoms with Gasteiger partial charge in [0.25, 0.3) is 0 Å². The second-order valence-corrected chi connectivity index (χ2v) is 6.80. The number of ether oxygens (including phenoxy) is 1. The van der Waals surface area contributed by atoms with Gasteiger partial charge in [-0.15, -0.1) is 0 Å². The summed E-state index contributed by atoms with van der Waals surface area (Å²) in [5.74, 6) is -0.999. The van der Waals surface area contributed by atoms with E-state index in [4.69, 9.17) is 16.3 Å². The van der Waals surface area contributed by atoms with Gasteiger partial charge in [0.05, 0.1) is 13.0 Å². The highest BCUT2D eigenvalue weighted by molar-refractivity contribution is 6.21. The third-order valence-electron chi connectivity index (χ3n) is 4.39. The third kappa shape index (κ3) is 5.55. The Kier molecular flexibility index (Phi) is 6.57. The number of hydrogen-bond donors (Lipinski definition) is 2. The van der Waals surface area contributed by atoms with E-state index in [9.17, 15) is 19.3 Å². The van der Waals surface area contributed by atoms with Gasteiger partial charge in [-0.2, -0.15) is 0 Å². The van der Waals surface area contributed by atoms with E-state index < -0.39 is 27.8 Å². The molecule has 1 fully saturated rings. The molecule has 8 nitrogen and oxygen atoms in total. The number of hydrogen-bond acceptors (Lipinski definition) is 7. The molecule has 1 aliphatic heterocycles. The molecule has 2 aliphatic rings.